The quantitative estimate of drug-likeness (QED) is 0.0324. The number of carboxylic acids is 1. The lowest BCUT2D eigenvalue weighted by molar-refractivity contribution is -0.385. The highest BCUT2D eigenvalue weighted by Crippen LogP contribution is 2.28. The van der Waals surface area contributed by atoms with Gasteiger partial charge in [0.05, 0.1) is 50.8 Å². The van der Waals surface area contributed by atoms with Crippen LogP contribution >= 0.6 is 0 Å². The molecule has 0 spiro atoms. The number of carbonyl (C=O) groups excluding carboxylic acids is 3. The van der Waals surface area contributed by atoms with Crippen LogP contribution in [0.5, 0.6) is 5.75 Å². The summed E-state index contributed by atoms with van der Waals surface area (Å²) < 4.78 is 11.4. The maximum Gasteiger partial charge on any atom is 0.410 e. The summed E-state index contributed by atoms with van der Waals surface area (Å²) in [6, 6.07) is 30.7. The molecular formula is C48H46N6O9. The average Bonchev–Trinajstić information content (AvgIpc) is 3.27. The highest BCUT2D eigenvalue weighted by atomic mass is 16.6. The van der Waals surface area contributed by atoms with Crippen molar-refractivity contribution in [3.05, 3.63) is 141 Å². The van der Waals surface area contributed by atoms with Gasteiger partial charge in [0.1, 0.15) is 12.4 Å². The van der Waals surface area contributed by atoms with E-state index in [9.17, 15) is 29.3 Å². The number of aryl methyl sites for hydroxylation is 2. The Labute approximate surface area is 362 Å². The Bertz CT molecular complexity index is 2740. The molecule has 0 atom stereocenters. The van der Waals surface area contributed by atoms with E-state index in [0.29, 0.717) is 40.6 Å². The minimum atomic E-state index is -1.00. The zero-order valence-electron chi connectivity index (χ0n) is 34.9. The number of carboxylic acid groups (broad SMARTS) is 1. The van der Waals surface area contributed by atoms with Crippen LogP contribution in [-0.4, -0.2) is 81.6 Å². The minimum Gasteiger partial charge on any atom is -0.493 e. The topological polar surface area (TPSA) is 203 Å². The molecule has 2 aromatic heterocycles. The van der Waals surface area contributed by atoms with Crippen LogP contribution < -0.4 is 15.4 Å². The van der Waals surface area contributed by atoms with Crippen molar-refractivity contribution in [1.82, 2.24) is 25.5 Å². The van der Waals surface area contributed by atoms with E-state index in [-0.39, 0.29) is 75.5 Å². The van der Waals surface area contributed by atoms with E-state index >= 15 is 0 Å². The largest absolute Gasteiger partial charge is 0.493 e. The molecule has 5 aromatic carbocycles. The lowest BCUT2D eigenvalue weighted by Gasteiger charge is -2.23. The van der Waals surface area contributed by atoms with E-state index in [1.165, 1.54) is 23.1 Å². The van der Waals surface area contributed by atoms with Gasteiger partial charge < -0.3 is 30.1 Å². The van der Waals surface area contributed by atoms with Crippen molar-refractivity contribution in [2.45, 2.75) is 46.1 Å². The third-order valence-corrected chi connectivity index (χ3v) is 10.7. The fraction of sp³-hybridized carbons (Fsp3) is 0.250. The van der Waals surface area contributed by atoms with Crippen LogP contribution in [0.3, 0.4) is 0 Å². The zero-order valence-corrected chi connectivity index (χ0v) is 34.9. The Balaban J connectivity index is 1.02. The summed E-state index contributed by atoms with van der Waals surface area (Å²) in [5.74, 6) is -1.53. The molecule has 63 heavy (non-hydrogen) atoms. The van der Waals surface area contributed by atoms with Gasteiger partial charge in [-0.1, -0.05) is 60.7 Å². The van der Waals surface area contributed by atoms with Crippen molar-refractivity contribution in [3.8, 4) is 5.75 Å². The first-order chi connectivity index (χ1) is 30.5. The molecule has 7 aromatic rings. The van der Waals surface area contributed by atoms with Crippen LogP contribution in [0.2, 0.25) is 0 Å². The monoisotopic (exact) mass is 850 g/mol. The smallest absolute Gasteiger partial charge is 0.410 e. The van der Waals surface area contributed by atoms with Gasteiger partial charge in [-0.15, -0.1) is 0 Å². The van der Waals surface area contributed by atoms with Crippen molar-refractivity contribution in [2.75, 3.05) is 32.8 Å². The molecule has 3 N–H and O–H groups in total. The average molecular weight is 851 g/mol. The number of para-hydroxylation sites is 4. The van der Waals surface area contributed by atoms with Crippen LogP contribution in [0.4, 0.5) is 10.5 Å². The highest BCUT2D eigenvalue weighted by molar-refractivity contribution is 6.09. The maximum absolute atomic E-state index is 13.7. The Morgan fingerprint density at radius 3 is 1.70 bits per heavy atom. The van der Waals surface area contributed by atoms with E-state index in [0.717, 1.165) is 43.7 Å². The molecule has 15 heteroatoms. The van der Waals surface area contributed by atoms with Crippen molar-refractivity contribution in [2.24, 2.45) is 0 Å². The number of aliphatic carboxylic acids is 1. The summed E-state index contributed by atoms with van der Waals surface area (Å²) in [7, 11) is 0. The predicted molar refractivity (Wildman–Crippen MR) is 239 cm³/mol. The number of hydrogen-bond donors (Lipinski definition) is 3. The van der Waals surface area contributed by atoms with Gasteiger partial charge in [-0.2, -0.15) is 0 Å². The second-order valence-electron chi connectivity index (χ2n) is 15.2. The number of carbonyl (C=O) groups is 4. The van der Waals surface area contributed by atoms with Gasteiger partial charge in [-0.05, 0) is 74.6 Å². The first-order valence-corrected chi connectivity index (χ1v) is 20.6. The number of hydrogen-bond acceptors (Lipinski definition) is 10. The van der Waals surface area contributed by atoms with Crippen LogP contribution in [0.25, 0.3) is 43.6 Å². The Hall–Kier alpha value is -7.68. The van der Waals surface area contributed by atoms with Gasteiger partial charge in [0, 0.05) is 65.8 Å². The number of nitrogens with zero attached hydrogens (tertiary/aromatic N) is 4. The molecule has 3 amide bonds. The normalized spacial score (nSPS) is 11.1. The number of rotatable bonds is 18. The Morgan fingerprint density at radius 1 is 0.683 bits per heavy atom. The predicted octanol–water partition coefficient (Wildman–Crippen LogP) is 8.44. The van der Waals surface area contributed by atoms with Gasteiger partial charge in [0.25, 0.3) is 17.5 Å². The van der Waals surface area contributed by atoms with E-state index in [2.05, 4.69) is 10.6 Å². The molecule has 322 valence electrons. The van der Waals surface area contributed by atoms with E-state index in [1.807, 2.05) is 86.6 Å². The molecule has 0 bridgehead atoms. The first kappa shape index (κ1) is 43.4. The van der Waals surface area contributed by atoms with E-state index < -0.39 is 17.0 Å². The van der Waals surface area contributed by atoms with Crippen LogP contribution in [0, 0.1) is 24.0 Å². The number of nitro benzene ring substituents is 1. The molecule has 0 aliphatic carbocycles. The number of ether oxygens (including phenoxy) is 2. The first-order valence-electron chi connectivity index (χ1n) is 20.6. The molecule has 0 unspecified atom stereocenters. The molecule has 15 nitrogen and oxygen atoms in total. The lowest BCUT2D eigenvalue weighted by atomic mass is 10.0. The van der Waals surface area contributed by atoms with Crippen molar-refractivity contribution < 1.29 is 38.7 Å². The fourth-order valence-electron chi connectivity index (χ4n) is 7.41. The molecule has 0 saturated heterocycles. The highest BCUT2D eigenvalue weighted by Gasteiger charge is 2.20. The molecule has 2 heterocycles. The van der Waals surface area contributed by atoms with E-state index in [1.54, 1.807) is 12.1 Å². The summed E-state index contributed by atoms with van der Waals surface area (Å²) >= 11 is 0. The van der Waals surface area contributed by atoms with Crippen molar-refractivity contribution >= 4 is 73.2 Å². The number of aromatic nitrogens is 2. The summed E-state index contributed by atoms with van der Waals surface area (Å²) in [4.78, 5) is 73.8. The molecule has 0 fully saturated rings. The minimum absolute atomic E-state index is 0.0197. The molecule has 7 rings (SSSR count). The molecule has 0 aliphatic heterocycles. The molecule has 0 saturated carbocycles. The number of benzene rings is 5. The number of fused-ring (bicyclic) bond motifs is 4. The summed E-state index contributed by atoms with van der Waals surface area (Å²) in [6.07, 6.45) is 0.0410. The van der Waals surface area contributed by atoms with Crippen molar-refractivity contribution in [3.63, 3.8) is 0 Å². The fourth-order valence-corrected chi connectivity index (χ4v) is 7.41. The SMILES string of the molecule is Cc1cccc2cc3cccc(C(=O)NCCCN(CCCNC(=O)c4cccc5cc6cccc(C)c6nc45)C(=O)OCc4ccc([N+](=O)[O-])cc4OCCCC(=O)O)c3nc12. The number of non-ortho nitro benzene ring substituents is 1. The molecule has 0 radical (unpaired) electrons. The van der Waals surface area contributed by atoms with Gasteiger partial charge in [-0.25, -0.2) is 14.8 Å². The van der Waals surface area contributed by atoms with E-state index in [4.69, 9.17) is 24.5 Å². The zero-order chi connectivity index (χ0) is 44.5. The number of amides is 3. The molecular weight excluding hydrogens is 805 g/mol. The summed E-state index contributed by atoms with van der Waals surface area (Å²) in [5.41, 5.74) is 5.77. The summed E-state index contributed by atoms with van der Waals surface area (Å²) in [5, 5.41) is 30.0. The second-order valence-corrected chi connectivity index (χ2v) is 15.2. The van der Waals surface area contributed by atoms with Gasteiger partial charge >= 0.3 is 12.1 Å². The van der Waals surface area contributed by atoms with Gasteiger partial charge in [-0.3, -0.25) is 24.5 Å². The molecule has 0 aliphatic rings. The number of nitrogens with one attached hydrogen (secondary N) is 2. The third-order valence-electron chi connectivity index (χ3n) is 10.7. The Kier molecular flexibility index (Phi) is 13.6. The summed E-state index contributed by atoms with van der Waals surface area (Å²) in [6.45, 7) is 4.45. The van der Waals surface area contributed by atoms with Crippen LogP contribution in [0.1, 0.15) is 63.1 Å². The lowest BCUT2D eigenvalue weighted by Crippen LogP contribution is -2.37. The van der Waals surface area contributed by atoms with Gasteiger partial charge in [0.2, 0.25) is 0 Å². The van der Waals surface area contributed by atoms with Crippen LogP contribution in [0.15, 0.2) is 103 Å². The van der Waals surface area contributed by atoms with Crippen LogP contribution in [-0.2, 0) is 16.1 Å². The maximum atomic E-state index is 13.7. The van der Waals surface area contributed by atoms with Crippen molar-refractivity contribution in [1.29, 1.82) is 0 Å². The Morgan fingerprint density at radius 2 is 1.19 bits per heavy atom. The standard InChI is InChI=1S/C48H46N6O9/c1-30-10-3-12-32-26-34-14-5-16-38(44(34)51-42(30)32)46(57)49-21-8-23-53(48(59)63-29-36-19-20-37(54(60)61)28-40(36)62-25-7-18-41(55)56)24-9-22-50-47(58)39-17-6-15-35-27-33-13-4-11-31(2)43(33)52-45(35)39/h3-6,10-17,19-20,26-28H,7-9,18,21-25,29H2,1-2H3,(H,49,57)(H,50,58)(H,55,56). The number of pyridine rings is 2. The number of nitro groups is 1. The van der Waals surface area contributed by atoms with Gasteiger partial charge in [0.15, 0.2) is 0 Å². The third kappa shape index (κ3) is 10.4. The second kappa shape index (κ2) is 19.8.